The molecule has 0 saturated carbocycles. The number of benzene rings is 1. The summed E-state index contributed by atoms with van der Waals surface area (Å²) in [5.41, 5.74) is 1.98. The van der Waals surface area contributed by atoms with E-state index in [9.17, 15) is 4.79 Å². The van der Waals surface area contributed by atoms with Gasteiger partial charge in [-0.05, 0) is 39.5 Å². The zero-order valence-corrected chi connectivity index (χ0v) is 12.9. The van der Waals surface area contributed by atoms with Crippen LogP contribution in [0, 0.1) is 0 Å². The molecule has 102 valence electrons. The first-order valence-corrected chi connectivity index (χ1v) is 7.86. The Labute approximate surface area is 128 Å². The summed E-state index contributed by atoms with van der Waals surface area (Å²) in [6.07, 6.45) is 0.684. The van der Waals surface area contributed by atoms with E-state index in [-0.39, 0.29) is 5.91 Å². The molecule has 20 heavy (non-hydrogen) atoms. The average Bonchev–Trinajstić information content (AvgIpc) is 3.04. The Hall–Kier alpha value is -1.66. The number of halogens is 1. The Morgan fingerprint density at radius 3 is 2.95 bits per heavy atom. The van der Waals surface area contributed by atoms with Gasteiger partial charge in [-0.1, -0.05) is 12.1 Å². The van der Waals surface area contributed by atoms with Crippen LogP contribution in [-0.2, 0) is 6.42 Å². The standard InChI is InChI=1S/C14H12BrN3OS/c15-9-6-8-20-13(9)14(19)16-7-5-12-17-10-3-1-2-4-11(10)18-12/h1-4,6,8H,5,7H2,(H,16,19)(H,17,18). The van der Waals surface area contributed by atoms with Crippen molar-refractivity contribution in [2.75, 3.05) is 6.54 Å². The molecule has 0 radical (unpaired) electrons. The van der Waals surface area contributed by atoms with Crippen LogP contribution in [0.5, 0.6) is 0 Å². The van der Waals surface area contributed by atoms with Crippen molar-refractivity contribution in [3.63, 3.8) is 0 Å². The quantitative estimate of drug-likeness (QED) is 0.758. The first-order chi connectivity index (χ1) is 9.74. The maximum Gasteiger partial charge on any atom is 0.262 e. The average molecular weight is 350 g/mol. The molecule has 0 aliphatic rings. The third kappa shape index (κ3) is 2.76. The van der Waals surface area contributed by atoms with E-state index in [1.807, 2.05) is 35.7 Å². The highest BCUT2D eigenvalue weighted by Gasteiger charge is 2.11. The summed E-state index contributed by atoms with van der Waals surface area (Å²) in [5, 5.41) is 4.79. The second-order valence-electron chi connectivity index (χ2n) is 4.30. The van der Waals surface area contributed by atoms with Crippen LogP contribution in [-0.4, -0.2) is 22.4 Å². The topological polar surface area (TPSA) is 57.8 Å². The van der Waals surface area contributed by atoms with E-state index in [0.29, 0.717) is 17.8 Å². The lowest BCUT2D eigenvalue weighted by molar-refractivity contribution is 0.0957. The predicted molar refractivity (Wildman–Crippen MR) is 84.1 cm³/mol. The van der Waals surface area contributed by atoms with E-state index in [1.165, 1.54) is 11.3 Å². The number of hydrogen-bond donors (Lipinski definition) is 2. The first-order valence-electron chi connectivity index (χ1n) is 6.19. The third-order valence-electron chi connectivity index (χ3n) is 2.91. The maximum absolute atomic E-state index is 11.9. The van der Waals surface area contributed by atoms with Crippen molar-refractivity contribution in [2.24, 2.45) is 0 Å². The van der Waals surface area contributed by atoms with Gasteiger partial charge in [0.1, 0.15) is 10.7 Å². The van der Waals surface area contributed by atoms with E-state index in [0.717, 1.165) is 21.3 Å². The Morgan fingerprint density at radius 2 is 2.20 bits per heavy atom. The van der Waals surface area contributed by atoms with Gasteiger partial charge in [-0.25, -0.2) is 4.98 Å². The number of carbonyl (C=O) groups is 1. The number of thiophene rings is 1. The molecule has 2 N–H and O–H groups in total. The fourth-order valence-electron chi connectivity index (χ4n) is 1.95. The van der Waals surface area contributed by atoms with Crippen LogP contribution >= 0.6 is 27.3 Å². The number of nitrogens with zero attached hydrogens (tertiary/aromatic N) is 1. The Morgan fingerprint density at radius 1 is 1.35 bits per heavy atom. The summed E-state index contributed by atoms with van der Waals surface area (Å²) in [6.45, 7) is 0.559. The zero-order chi connectivity index (χ0) is 13.9. The number of rotatable bonds is 4. The molecule has 0 aliphatic heterocycles. The van der Waals surface area contributed by atoms with Crippen molar-refractivity contribution in [3.05, 3.63) is 50.9 Å². The van der Waals surface area contributed by atoms with E-state index in [1.54, 1.807) is 0 Å². The minimum atomic E-state index is -0.0528. The molecule has 0 saturated heterocycles. The minimum absolute atomic E-state index is 0.0528. The van der Waals surface area contributed by atoms with Crippen LogP contribution in [0.3, 0.4) is 0 Å². The smallest absolute Gasteiger partial charge is 0.262 e. The molecule has 1 aromatic carbocycles. The van der Waals surface area contributed by atoms with Gasteiger partial charge in [-0.3, -0.25) is 4.79 Å². The fraction of sp³-hybridized carbons (Fsp3) is 0.143. The summed E-state index contributed by atoms with van der Waals surface area (Å²) in [4.78, 5) is 20.4. The summed E-state index contributed by atoms with van der Waals surface area (Å²) >= 11 is 4.78. The van der Waals surface area contributed by atoms with Crippen molar-refractivity contribution in [1.82, 2.24) is 15.3 Å². The number of carbonyl (C=O) groups excluding carboxylic acids is 1. The van der Waals surface area contributed by atoms with Gasteiger partial charge in [0.05, 0.1) is 11.0 Å². The Kier molecular flexibility index (Phi) is 3.84. The van der Waals surface area contributed by atoms with E-state index < -0.39 is 0 Å². The number of imidazole rings is 1. The van der Waals surface area contributed by atoms with Crippen LogP contribution in [0.15, 0.2) is 40.2 Å². The predicted octanol–water partition coefficient (Wildman–Crippen LogP) is 3.36. The second-order valence-corrected chi connectivity index (χ2v) is 6.07. The number of aromatic amines is 1. The molecule has 6 heteroatoms. The molecular weight excluding hydrogens is 338 g/mol. The monoisotopic (exact) mass is 349 g/mol. The molecule has 4 nitrogen and oxygen atoms in total. The van der Waals surface area contributed by atoms with Crippen molar-refractivity contribution in [1.29, 1.82) is 0 Å². The lowest BCUT2D eigenvalue weighted by atomic mass is 10.3. The van der Waals surface area contributed by atoms with Crippen molar-refractivity contribution in [3.8, 4) is 0 Å². The fourth-order valence-corrected chi connectivity index (χ4v) is 3.42. The van der Waals surface area contributed by atoms with E-state index in [4.69, 9.17) is 0 Å². The van der Waals surface area contributed by atoms with Crippen LogP contribution in [0.25, 0.3) is 11.0 Å². The molecule has 0 aliphatic carbocycles. The molecule has 3 rings (SSSR count). The van der Waals surface area contributed by atoms with Gasteiger partial charge in [0.25, 0.3) is 5.91 Å². The largest absolute Gasteiger partial charge is 0.351 e. The number of aromatic nitrogens is 2. The van der Waals surface area contributed by atoms with Crippen LogP contribution in [0.4, 0.5) is 0 Å². The van der Waals surface area contributed by atoms with Crippen molar-refractivity contribution >= 4 is 44.2 Å². The third-order valence-corrected chi connectivity index (χ3v) is 4.75. The normalized spacial score (nSPS) is 10.8. The van der Waals surface area contributed by atoms with Crippen LogP contribution in [0.2, 0.25) is 0 Å². The molecule has 1 amide bonds. The molecule has 0 unspecified atom stereocenters. The molecule has 3 aromatic rings. The van der Waals surface area contributed by atoms with Gasteiger partial charge < -0.3 is 10.3 Å². The highest BCUT2D eigenvalue weighted by molar-refractivity contribution is 9.10. The van der Waals surface area contributed by atoms with Crippen LogP contribution in [0.1, 0.15) is 15.5 Å². The van der Waals surface area contributed by atoms with Gasteiger partial charge in [-0.15, -0.1) is 11.3 Å². The number of para-hydroxylation sites is 2. The lowest BCUT2D eigenvalue weighted by Crippen LogP contribution is -2.25. The van der Waals surface area contributed by atoms with Crippen LogP contribution < -0.4 is 5.32 Å². The summed E-state index contributed by atoms with van der Waals surface area (Å²) < 4.78 is 0.837. The minimum Gasteiger partial charge on any atom is -0.351 e. The first kappa shape index (κ1) is 13.3. The number of fused-ring (bicyclic) bond motifs is 1. The van der Waals surface area contributed by atoms with Gasteiger partial charge >= 0.3 is 0 Å². The SMILES string of the molecule is O=C(NCCc1nc2ccccc2[nH]1)c1sccc1Br. The molecule has 0 fully saturated rings. The molecule has 0 atom stereocenters. The van der Waals surface area contributed by atoms with Crippen molar-refractivity contribution < 1.29 is 4.79 Å². The molecule has 0 bridgehead atoms. The zero-order valence-electron chi connectivity index (χ0n) is 10.5. The Bertz CT molecular complexity index is 717. The number of nitrogens with one attached hydrogen (secondary N) is 2. The molecule has 2 aromatic heterocycles. The van der Waals surface area contributed by atoms with Gasteiger partial charge in [-0.2, -0.15) is 0 Å². The molecule has 2 heterocycles. The van der Waals surface area contributed by atoms with Gasteiger partial charge in [0.2, 0.25) is 0 Å². The second kappa shape index (κ2) is 5.76. The Balaban J connectivity index is 1.60. The van der Waals surface area contributed by atoms with E-state index >= 15 is 0 Å². The highest BCUT2D eigenvalue weighted by Crippen LogP contribution is 2.22. The summed E-state index contributed by atoms with van der Waals surface area (Å²) in [7, 11) is 0. The number of amides is 1. The summed E-state index contributed by atoms with van der Waals surface area (Å²) in [6, 6.07) is 9.77. The molecule has 0 spiro atoms. The number of hydrogen-bond acceptors (Lipinski definition) is 3. The maximum atomic E-state index is 11.9. The molecular formula is C14H12BrN3OS. The summed E-state index contributed by atoms with van der Waals surface area (Å²) in [5.74, 6) is 0.833. The van der Waals surface area contributed by atoms with Gasteiger partial charge in [0.15, 0.2) is 0 Å². The van der Waals surface area contributed by atoms with E-state index in [2.05, 4.69) is 31.2 Å². The lowest BCUT2D eigenvalue weighted by Gasteiger charge is -2.02. The van der Waals surface area contributed by atoms with Gasteiger partial charge in [0, 0.05) is 17.4 Å². The van der Waals surface area contributed by atoms with Crippen molar-refractivity contribution in [2.45, 2.75) is 6.42 Å². The number of H-pyrrole nitrogens is 1. The highest BCUT2D eigenvalue weighted by atomic mass is 79.9.